The standard InChI is InChI=1S/C18H16FNO3S/c1-21-14-5-3-4-12(8-14)18-20-13(11-24-18)10-23-15-6-7-17(22-2)16(19)9-15/h3-9,11H,10H2,1-2H3. The molecule has 0 amide bonds. The Kier molecular flexibility index (Phi) is 4.96. The minimum absolute atomic E-state index is 0.191. The van der Waals surface area contributed by atoms with Gasteiger partial charge in [0.05, 0.1) is 19.9 Å². The van der Waals surface area contributed by atoms with Crippen molar-refractivity contribution in [2.75, 3.05) is 14.2 Å². The van der Waals surface area contributed by atoms with E-state index in [4.69, 9.17) is 14.2 Å². The van der Waals surface area contributed by atoms with E-state index in [2.05, 4.69) is 4.98 Å². The Labute approximate surface area is 143 Å². The highest BCUT2D eigenvalue weighted by Crippen LogP contribution is 2.28. The zero-order chi connectivity index (χ0) is 16.9. The highest BCUT2D eigenvalue weighted by atomic mass is 32.1. The monoisotopic (exact) mass is 345 g/mol. The molecule has 0 fully saturated rings. The van der Waals surface area contributed by atoms with Crippen LogP contribution >= 0.6 is 11.3 Å². The molecule has 6 heteroatoms. The summed E-state index contributed by atoms with van der Waals surface area (Å²) in [5, 5.41) is 2.81. The fourth-order valence-corrected chi connectivity index (χ4v) is 2.96. The molecule has 4 nitrogen and oxygen atoms in total. The van der Waals surface area contributed by atoms with Crippen LogP contribution in [0.15, 0.2) is 47.8 Å². The minimum Gasteiger partial charge on any atom is -0.497 e. The molecule has 3 rings (SSSR count). The maximum Gasteiger partial charge on any atom is 0.168 e. The second kappa shape index (κ2) is 7.31. The van der Waals surface area contributed by atoms with Gasteiger partial charge in [-0.2, -0.15) is 0 Å². The molecule has 1 heterocycles. The first-order valence-electron chi connectivity index (χ1n) is 7.25. The normalized spacial score (nSPS) is 10.5. The Hall–Kier alpha value is -2.60. The van der Waals surface area contributed by atoms with Crippen molar-refractivity contribution >= 4 is 11.3 Å². The van der Waals surface area contributed by atoms with E-state index < -0.39 is 5.82 Å². The zero-order valence-electron chi connectivity index (χ0n) is 13.3. The van der Waals surface area contributed by atoms with Gasteiger partial charge in [0.15, 0.2) is 11.6 Å². The Morgan fingerprint density at radius 1 is 1.04 bits per heavy atom. The number of nitrogens with zero attached hydrogens (tertiary/aromatic N) is 1. The molecular weight excluding hydrogens is 329 g/mol. The zero-order valence-corrected chi connectivity index (χ0v) is 14.1. The van der Waals surface area contributed by atoms with Crippen molar-refractivity contribution in [3.05, 3.63) is 59.4 Å². The van der Waals surface area contributed by atoms with Crippen LogP contribution < -0.4 is 14.2 Å². The molecule has 124 valence electrons. The minimum atomic E-state index is -0.453. The first-order valence-corrected chi connectivity index (χ1v) is 8.12. The van der Waals surface area contributed by atoms with E-state index in [1.165, 1.54) is 30.6 Å². The summed E-state index contributed by atoms with van der Waals surface area (Å²) in [7, 11) is 3.06. The lowest BCUT2D eigenvalue weighted by molar-refractivity contribution is 0.298. The second-order valence-corrected chi connectivity index (χ2v) is 5.82. The fraction of sp³-hybridized carbons (Fsp3) is 0.167. The molecule has 0 spiro atoms. The van der Waals surface area contributed by atoms with Gasteiger partial charge < -0.3 is 14.2 Å². The summed E-state index contributed by atoms with van der Waals surface area (Å²) in [6, 6.07) is 12.2. The van der Waals surface area contributed by atoms with Gasteiger partial charge in [-0.05, 0) is 24.3 Å². The van der Waals surface area contributed by atoms with E-state index in [1.54, 1.807) is 13.2 Å². The van der Waals surface area contributed by atoms with Gasteiger partial charge in [0.1, 0.15) is 23.1 Å². The van der Waals surface area contributed by atoms with Crippen molar-refractivity contribution in [2.24, 2.45) is 0 Å². The molecule has 2 aromatic carbocycles. The van der Waals surface area contributed by atoms with Gasteiger partial charge in [0.2, 0.25) is 0 Å². The van der Waals surface area contributed by atoms with Gasteiger partial charge in [-0.1, -0.05) is 12.1 Å². The third-order valence-corrected chi connectivity index (χ3v) is 4.32. The molecule has 0 saturated heterocycles. The molecule has 0 atom stereocenters. The van der Waals surface area contributed by atoms with Crippen molar-refractivity contribution < 1.29 is 18.6 Å². The second-order valence-electron chi connectivity index (χ2n) is 4.96. The Balaban J connectivity index is 1.69. The molecule has 0 aliphatic rings. The van der Waals surface area contributed by atoms with Gasteiger partial charge in [0, 0.05) is 17.0 Å². The topological polar surface area (TPSA) is 40.6 Å². The molecule has 0 radical (unpaired) electrons. The smallest absolute Gasteiger partial charge is 0.168 e. The van der Waals surface area contributed by atoms with Crippen LogP contribution in [0.4, 0.5) is 4.39 Å². The van der Waals surface area contributed by atoms with Crippen molar-refractivity contribution in [2.45, 2.75) is 6.61 Å². The van der Waals surface area contributed by atoms with E-state index in [0.29, 0.717) is 5.75 Å². The quantitative estimate of drug-likeness (QED) is 0.657. The maximum atomic E-state index is 13.6. The van der Waals surface area contributed by atoms with Gasteiger partial charge in [0.25, 0.3) is 0 Å². The van der Waals surface area contributed by atoms with Crippen LogP contribution in [0.2, 0.25) is 0 Å². The Bertz CT molecular complexity index is 835. The van der Waals surface area contributed by atoms with Crippen LogP contribution in [-0.4, -0.2) is 19.2 Å². The van der Waals surface area contributed by atoms with Crippen molar-refractivity contribution in [3.8, 4) is 27.8 Å². The largest absolute Gasteiger partial charge is 0.497 e. The average Bonchev–Trinajstić information content (AvgIpc) is 3.09. The molecule has 0 unspecified atom stereocenters. The predicted octanol–water partition coefficient (Wildman–Crippen LogP) is 4.55. The molecular formula is C18H16FNO3S. The molecule has 0 bridgehead atoms. The van der Waals surface area contributed by atoms with Crippen LogP contribution in [0.1, 0.15) is 5.69 Å². The number of benzene rings is 2. The summed E-state index contributed by atoms with van der Waals surface area (Å²) < 4.78 is 29.3. The van der Waals surface area contributed by atoms with Crippen LogP contribution in [0.25, 0.3) is 10.6 Å². The van der Waals surface area contributed by atoms with E-state index in [9.17, 15) is 4.39 Å². The van der Waals surface area contributed by atoms with Crippen LogP contribution in [0, 0.1) is 5.82 Å². The number of thiazole rings is 1. The first-order chi connectivity index (χ1) is 11.7. The van der Waals surface area contributed by atoms with Crippen LogP contribution in [0.3, 0.4) is 0 Å². The summed E-state index contributed by atoms with van der Waals surface area (Å²) in [6.45, 7) is 0.270. The van der Waals surface area contributed by atoms with E-state index in [-0.39, 0.29) is 12.4 Å². The van der Waals surface area contributed by atoms with Crippen molar-refractivity contribution in [1.29, 1.82) is 0 Å². The van der Waals surface area contributed by atoms with Crippen molar-refractivity contribution in [3.63, 3.8) is 0 Å². The molecule has 0 saturated carbocycles. The third-order valence-electron chi connectivity index (χ3n) is 3.38. The van der Waals surface area contributed by atoms with E-state index >= 15 is 0 Å². The summed E-state index contributed by atoms with van der Waals surface area (Å²) in [6.07, 6.45) is 0. The van der Waals surface area contributed by atoms with Gasteiger partial charge >= 0.3 is 0 Å². The molecule has 3 aromatic rings. The number of rotatable bonds is 6. The van der Waals surface area contributed by atoms with Crippen molar-refractivity contribution in [1.82, 2.24) is 4.98 Å². The summed E-state index contributed by atoms with van der Waals surface area (Å²) in [4.78, 5) is 4.55. The number of hydrogen-bond acceptors (Lipinski definition) is 5. The molecule has 1 aromatic heterocycles. The Morgan fingerprint density at radius 3 is 2.67 bits per heavy atom. The maximum absolute atomic E-state index is 13.6. The lowest BCUT2D eigenvalue weighted by atomic mass is 10.2. The molecule has 0 N–H and O–H groups in total. The van der Waals surface area contributed by atoms with Gasteiger partial charge in [-0.3, -0.25) is 0 Å². The third kappa shape index (κ3) is 3.65. The number of hydrogen-bond donors (Lipinski definition) is 0. The molecule has 0 aliphatic carbocycles. The highest BCUT2D eigenvalue weighted by molar-refractivity contribution is 7.13. The van der Waals surface area contributed by atoms with Gasteiger partial charge in [-0.15, -0.1) is 11.3 Å². The Morgan fingerprint density at radius 2 is 1.92 bits per heavy atom. The van der Waals surface area contributed by atoms with Crippen LogP contribution in [-0.2, 0) is 6.61 Å². The first kappa shape index (κ1) is 16.3. The number of ether oxygens (including phenoxy) is 3. The molecule has 0 aliphatic heterocycles. The summed E-state index contributed by atoms with van der Waals surface area (Å²) >= 11 is 1.53. The average molecular weight is 345 g/mol. The number of methoxy groups -OCH3 is 2. The number of aromatic nitrogens is 1. The van der Waals surface area contributed by atoms with E-state index in [1.807, 2.05) is 29.6 Å². The van der Waals surface area contributed by atoms with E-state index in [0.717, 1.165) is 22.0 Å². The fourth-order valence-electron chi connectivity index (χ4n) is 2.16. The highest BCUT2D eigenvalue weighted by Gasteiger charge is 2.08. The lowest BCUT2D eigenvalue weighted by Gasteiger charge is -2.06. The SMILES string of the molecule is COc1cccc(-c2nc(COc3ccc(OC)c(F)c3)cs2)c1. The van der Waals surface area contributed by atoms with Gasteiger partial charge in [-0.25, -0.2) is 9.37 Å². The lowest BCUT2D eigenvalue weighted by Crippen LogP contribution is -1.97. The predicted molar refractivity (Wildman–Crippen MR) is 91.4 cm³/mol. The molecule has 24 heavy (non-hydrogen) atoms. The summed E-state index contributed by atoms with van der Waals surface area (Å²) in [5.74, 6) is 0.958. The van der Waals surface area contributed by atoms with Crippen LogP contribution in [0.5, 0.6) is 17.2 Å². The number of halogens is 1. The summed E-state index contributed by atoms with van der Waals surface area (Å²) in [5.41, 5.74) is 1.77.